The molecule has 0 aliphatic carbocycles. The molecule has 2 nitrogen and oxygen atoms in total. The first-order valence-corrected chi connectivity index (χ1v) is 10.0. The third kappa shape index (κ3) is 2.93. The Morgan fingerprint density at radius 1 is 0.966 bits per heavy atom. The Bertz CT molecular complexity index is 1180. The minimum atomic E-state index is -0.253. The largest absolute Gasteiger partial charge is 0.480 e. The van der Waals surface area contributed by atoms with Gasteiger partial charge in [0.15, 0.2) is 6.10 Å². The predicted molar refractivity (Wildman–Crippen MR) is 117 cm³/mol. The Morgan fingerprint density at radius 2 is 1.79 bits per heavy atom. The standard InChI is InChI=1S/C26H24FNO/c1-15-6-5-7-17(12-15)25-24-19(20-13-18(27)8-11-22(20)29-25)9-10-21-23(24)16(2)14-26(3,4)28-21/h5-14,25,28H,1-4H3. The van der Waals surface area contributed by atoms with E-state index in [2.05, 4.69) is 75.5 Å². The van der Waals surface area contributed by atoms with Gasteiger partial charge in [0.05, 0.1) is 5.54 Å². The molecule has 2 heterocycles. The van der Waals surface area contributed by atoms with E-state index in [0.29, 0.717) is 0 Å². The molecule has 3 heteroatoms. The lowest BCUT2D eigenvalue weighted by Gasteiger charge is -2.37. The molecule has 0 aromatic heterocycles. The molecule has 1 atom stereocenters. The van der Waals surface area contributed by atoms with Crippen LogP contribution in [-0.4, -0.2) is 5.54 Å². The van der Waals surface area contributed by atoms with Crippen LogP contribution in [0.25, 0.3) is 16.7 Å². The van der Waals surface area contributed by atoms with Gasteiger partial charge in [-0.1, -0.05) is 42.0 Å². The Labute approximate surface area is 171 Å². The molecule has 1 unspecified atom stereocenters. The molecule has 0 spiro atoms. The van der Waals surface area contributed by atoms with Crippen LogP contribution < -0.4 is 10.1 Å². The highest BCUT2D eigenvalue weighted by Crippen LogP contribution is 2.50. The van der Waals surface area contributed by atoms with Crippen LogP contribution >= 0.6 is 0 Å². The van der Waals surface area contributed by atoms with E-state index in [9.17, 15) is 4.39 Å². The lowest BCUT2D eigenvalue weighted by Crippen LogP contribution is -2.32. The zero-order valence-corrected chi connectivity index (χ0v) is 17.1. The van der Waals surface area contributed by atoms with E-state index >= 15 is 0 Å². The van der Waals surface area contributed by atoms with E-state index in [1.807, 2.05) is 0 Å². The number of halogens is 1. The average molecular weight is 385 g/mol. The van der Waals surface area contributed by atoms with Crippen molar-refractivity contribution in [1.82, 2.24) is 0 Å². The monoisotopic (exact) mass is 385 g/mol. The fourth-order valence-electron chi connectivity index (χ4n) is 4.72. The first-order valence-electron chi connectivity index (χ1n) is 10.0. The molecule has 5 rings (SSSR count). The molecule has 3 aromatic carbocycles. The number of anilines is 1. The number of aryl methyl sites for hydroxylation is 1. The molecule has 0 amide bonds. The van der Waals surface area contributed by atoms with Crippen molar-refractivity contribution in [3.05, 3.63) is 88.7 Å². The van der Waals surface area contributed by atoms with Gasteiger partial charge in [-0.25, -0.2) is 4.39 Å². The summed E-state index contributed by atoms with van der Waals surface area (Å²) in [4.78, 5) is 0. The first-order chi connectivity index (χ1) is 13.8. The van der Waals surface area contributed by atoms with Gasteiger partial charge in [-0.05, 0) is 68.7 Å². The third-order valence-electron chi connectivity index (χ3n) is 5.76. The maximum atomic E-state index is 14.1. The van der Waals surface area contributed by atoms with Crippen LogP contribution in [0.3, 0.4) is 0 Å². The first kappa shape index (κ1) is 18.0. The van der Waals surface area contributed by atoms with Gasteiger partial charge in [-0.3, -0.25) is 0 Å². The second-order valence-corrected chi connectivity index (χ2v) is 8.68. The van der Waals surface area contributed by atoms with Crippen molar-refractivity contribution >= 4 is 11.3 Å². The van der Waals surface area contributed by atoms with E-state index in [1.165, 1.54) is 17.2 Å². The zero-order valence-electron chi connectivity index (χ0n) is 17.1. The zero-order chi connectivity index (χ0) is 20.3. The van der Waals surface area contributed by atoms with Crippen molar-refractivity contribution in [3.8, 4) is 16.9 Å². The van der Waals surface area contributed by atoms with Crippen LogP contribution in [0, 0.1) is 12.7 Å². The summed E-state index contributed by atoms with van der Waals surface area (Å²) >= 11 is 0. The molecule has 0 fully saturated rings. The van der Waals surface area contributed by atoms with Gasteiger partial charge in [0.1, 0.15) is 11.6 Å². The Balaban J connectivity index is 1.82. The smallest absolute Gasteiger partial charge is 0.150 e. The molecule has 0 saturated heterocycles. The molecule has 1 N–H and O–H groups in total. The van der Waals surface area contributed by atoms with Gasteiger partial charge in [0.2, 0.25) is 0 Å². The van der Waals surface area contributed by atoms with Crippen LogP contribution in [0.5, 0.6) is 5.75 Å². The summed E-state index contributed by atoms with van der Waals surface area (Å²) in [5.74, 6) is 0.465. The fourth-order valence-corrected chi connectivity index (χ4v) is 4.72. The van der Waals surface area contributed by atoms with Crippen LogP contribution in [0.15, 0.2) is 60.7 Å². The summed E-state index contributed by atoms with van der Waals surface area (Å²) in [6.07, 6.45) is 2.01. The highest BCUT2D eigenvalue weighted by Gasteiger charge is 2.34. The highest BCUT2D eigenvalue weighted by molar-refractivity contribution is 5.90. The number of allylic oxidation sites excluding steroid dienone is 1. The highest BCUT2D eigenvalue weighted by atomic mass is 19.1. The van der Waals surface area contributed by atoms with Crippen molar-refractivity contribution in [1.29, 1.82) is 0 Å². The Morgan fingerprint density at radius 3 is 2.59 bits per heavy atom. The fraction of sp³-hybridized carbons (Fsp3) is 0.231. The van der Waals surface area contributed by atoms with Crippen LogP contribution in [-0.2, 0) is 0 Å². The topological polar surface area (TPSA) is 21.3 Å². The molecule has 2 aliphatic rings. The van der Waals surface area contributed by atoms with E-state index in [0.717, 1.165) is 39.3 Å². The van der Waals surface area contributed by atoms with E-state index in [1.54, 1.807) is 12.1 Å². The van der Waals surface area contributed by atoms with E-state index < -0.39 is 0 Å². The van der Waals surface area contributed by atoms with Gasteiger partial charge < -0.3 is 10.1 Å². The molecule has 0 saturated carbocycles. The second kappa shape index (κ2) is 6.21. The number of fused-ring (bicyclic) bond motifs is 5. The van der Waals surface area contributed by atoms with Gasteiger partial charge in [0.25, 0.3) is 0 Å². The minimum absolute atomic E-state index is 0.121. The molecule has 0 radical (unpaired) electrons. The number of hydrogen-bond donors (Lipinski definition) is 1. The summed E-state index contributed by atoms with van der Waals surface area (Å²) in [5, 5.41) is 3.63. The van der Waals surface area contributed by atoms with Crippen molar-refractivity contribution in [2.24, 2.45) is 0 Å². The Hall–Kier alpha value is -3.07. The molecule has 146 valence electrons. The number of nitrogens with one attached hydrogen (secondary N) is 1. The molecular formula is C26H24FNO. The quantitative estimate of drug-likeness (QED) is 0.492. The summed E-state index contributed by atoms with van der Waals surface area (Å²) in [5.41, 5.74) is 8.57. The normalized spacial score (nSPS) is 18.5. The maximum absolute atomic E-state index is 14.1. The van der Waals surface area contributed by atoms with Crippen molar-refractivity contribution < 1.29 is 9.13 Å². The number of rotatable bonds is 1. The van der Waals surface area contributed by atoms with E-state index in [-0.39, 0.29) is 17.5 Å². The summed E-state index contributed by atoms with van der Waals surface area (Å²) in [6.45, 7) is 8.57. The predicted octanol–water partition coefficient (Wildman–Crippen LogP) is 6.89. The maximum Gasteiger partial charge on any atom is 0.150 e. The van der Waals surface area contributed by atoms with Crippen LogP contribution in [0.4, 0.5) is 10.1 Å². The van der Waals surface area contributed by atoms with Crippen molar-refractivity contribution in [2.45, 2.75) is 39.3 Å². The van der Waals surface area contributed by atoms with Gasteiger partial charge in [-0.2, -0.15) is 0 Å². The number of hydrogen-bond acceptors (Lipinski definition) is 2. The Kier molecular flexibility index (Phi) is 3.86. The summed E-state index contributed by atoms with van der Waals surface area (Å²) < 4.78 is 20.6. The van der Waals surface area contributed by atoms with E-state index in [4.69, 9.17) is 4.74 Å². The summed E-state index contributed by atoms with van der Waals surface area (Å²) in [6, 6.07) is 17.4. The third-order valence-corrected chi connectivity index (χ3v) is 5.76. The molecule has 0 bridgehead atoms. The van der Waals surface area contributed by atoms with Gasteiger partial charge >= 0.3 is 0 Å². The summed E-state index contributed by atoms with van der Waals surface area (Å²) in [7, 11) is 0. The van der Waals surface area contributed by atoms with Crippen molar-refractivity contribution in [3.63, 3.8) is 0 Å². The molecular weight excluding hydrogens is 361 g/mol. The van der Waals surface area contributed by atoms with Gasteiger partial charge in [0, 0.05) is 22.4 Å². The molecule has 3 aromatic rings. The SMILES string of the molecule is CC1=CC(C)(C)Nc2ccc3c(c21)C(c1cccc(C)c1)Oc1ccc(F)cc1-3. The van der Waals surface area contributed by atoms with Gasteiger partial charge in [-0.15, -0.1) is 0 Å². The van der Waals surface area contributed by atoms with Crippen LogP contribution in [0.2, 0.25) is 0 Å². The average Bonchev–Trinajstić information content (AvgIpc) is 2.65. The van der Waals surface area contributed by atoms with Crippen LogP contribution in [0.1, 0.15) is 49.1 Å². The number of benzene rings is 3. The lowest BCUT2D eigenvalue weighted by atomic mass is 9.80. The van der Waals surface area contributed by atoms with Crippen molar-refractivity contribution in [2.75, 3.05) is 5.32 Å². The minimum Gasteiger partial charge on any atom is -0.480 e. The lowest BCUT2D eigenvalue weighted by molar-refractivity contribution is 0.243. The molecule has 29 heavy (non-hydrogen) atoms. The molecule has 2 aliphatic heterocycles. The number of ether oxygens (including phenoxy) is 1. The second-order valence-electron chi connectivity index (χ2n) is 8.68.